The van der Waals surface area contributed by atoms with Gasteiger partial charge in [0.15, 0.2) is 0 Å². The fraction of sp³-hybridized carbons (Fsp3) is 0.562. The lowest BCUT2D eigenvalue weighted by molar-refractivity contribution is -0.137. The van der Waals surface area contributed by atoms with Gasteiger partial charge in [-0.15, -0.1) is 12.4 Å². The number of alkyl halides is 3. The Kier molecular flexibility index (Phi) is 7.89. The third kappa shape index (κ3) is 5.10. The summed E-state index contributed by atoms with van der Waals surface area (Å²) in [4.78, 5) is -0.272. The van der Waals surface area contributed by atoms with Crippen molar-refractivity contribution in [2.75, 3.05) is 26.7 Å². The monoisotopic (exact) mass is 411 g/mol. The highest BCUT2D eigenvalue weighted by molar-refractivity contribution is 7.89. The molecule has 1 aliphatic heterocycles. The standard InChI is InChI=1S/C16H20F3N3O2S.ClH/c1-21-7-4-12-5-8-22(9-6-12)25(23,24)14-2-3-15(16(17,18)19)13(10-14)11-20;/h2-3,10,12,21H,4-9H2,1H3;1H. The normalized spacial score (nSPS) is 16.7. The molecule has 0 unspecified atom stereocenters. The highest BCUT2D eigenvalue weighted by atomic mass is 35.5. The minimum atomic E-state index is -4.70. The minimum Gasteiger partial charge on any atom is -0.320 e. The fourth-order valence-corrected chi connectivity index (χ4v) is 4.46. The Morgan fingerprint density at radius 3 is 2.42 bits per heavy atom. The molecule has 0 aliphatic carbocycles. The molecule has 0 aromatic heterocycles. The number of hydrogen-bond donors (Lipinski definition) is 1. The topological polar surface area (TPSA) is 73.2 Å². The lowest BCUT2D eigenvalue weighted by atomic mass is 9.95. The Labute approximate surface area is 157 Å². The average molecular weight is 412 g/mol. The van der Waals surface area contributed by atoms with Gasteiger partial charge in [0.05, 0.1) is 22.1 Å². The van der Waals surface area contributed by atoms with E-state index in [1.165, 1.54) is 10.4 Å². The van der Waals surface area contributed by atoms with E-state index in [0.29, 0.717) is 37.9 Å². The Morgan fingerprint density at radius 1 is 1.31 bits per heavy atom. The first-order valence-corrected chi connectivity index (χ1v) is 9.40. The van der Waals surface area contributed by atoms with Gasteiger partial charge >= 0.3 is 6.18 Å². The number of piperidine rings is 1. The van der Waals surface area contributed by atoms with E-state index in [1.54, 1.807) is 0 Å². The summed E-state index contributed by atoms with van der Waals surface area (Å²) in [6.45, 7) is 1.53. The molecule has 146 valence electrons. The molecule has 0 bridgehead atoms. The SMILES string of the molecule is CNCCC1CCN(S(=O)(=O)c2ccc(C(F)(F)F)c(C#N)c2)CC1.Cl. The van der Waals surface area contributed by atoms with E-state index in [9.17, 15) is 21.6 Å². The van der Waals surface area contributed by atoms with Gasteiger partial charge < -0.3 is 5.32 Å². The Bertz CT molecular complexity index is 755. The molecule has 26 heavy (non-hydrogen) atoms. The first kappa shape index (κ1) is 22.7. The largest absolute Gasteiger partial charge is 0.417 e. The highest BCUT2D eigenvalue weighted by Gasteiger charge is 2.35. The lowest BCUT2D eigenvalue weighted by Crippen LogP contribution is -2.39. The third-order valence-electron chi connectivity index (χ3n) is 4.43. The first-order chi connectivity index (χ1) is 11.7. The van der Waals surface area contributed by atoms with E-state index >= 15 is 0 Å². The summed E-state index contributed by atoms with van der Waals surface area (Å²) in [7, 11) is -2.04. The van der Waals surface area contributed by atoms with E-state index < -0.39 is 27.3 Å². The van der Waals surface area contributed by atoms with Crippen LogP contribution in [0.4, 0.5) is 13.2 Å². The van der Waals surface area contributed by atoms with Crippen molar-refractivity contribution in [1.29, 1.82) is 5.26 Å². The predicted octanol–water partition coefficient (Wildman–Crippen LogP) is 3.01. The summed E-state index contributed by atoms with van der Waals surface area (Å²) < 4.78 is 65.1. The minimum absolute atomic E-state index is 0. The molecule has 1 aromatic rings. The lowest BCUT2D eigenvalue weighted by Gasteiger charge is -2.31. The molecule has 5 nitrogen and oxygen atoms in total. The van der Waals surface area contributed by atoms with Gasteiger partial charge in [-0.3, -0.25) is 0 Å². The number of nitrogens with one attached hydrogen (secondary N) is 1. The van der Waals surface area contributed by atoms with Gasteiger partial charge in [0.25, 0.3) is 0 Å². The number of nitriles is 1. The van der Waals surface area contributed by atoms with Crippen molar-refractivity contribution >= 4 is 22.4 Å². The van der Waals surface area contributed by atoms with Crippen LogP contribution < -0.4 is 5.32 Å². The average Bonchev–Trinajstić information content (AvgIpc) is 2.58. The second kappa shape index (κ2) is 9.04. The van der Waals surface area contributed by atoms with Crippen molar-refractivity contribution < 1.29 is 21.6 Å². The van der Waals surface area contributed by atoms with Gasteiger partial charge in [-0.25, -0.2) is 8.42 Å². The molecule has 0 amide bonds. The van der Waals surface area contributed by atoms with Crippen molar-refractivity contribution in [3.8, 4) is 6.07 Å². The Hall–Kier alpha value is -1.34. The molecule has 0 radical (unpaired) electrons. The summed E-state index contributed by atoms with van der Waals surface area (Å²) in [6.07, 6.45) is -2.30. The summed E-state index contributed by atoms with van der Waals surface area (Å²) in [6, 6.07) is 3.83. The van der Waals surface area contributed by atoms with Gasteiger partial charge in [0, 0.05) is 13.1 Å². The van der Waals surface area contributed by atoms with Gasteiger partial charge in [0.1, 0.15) is 0 Å². The summed E-state index contributed by atoms with van der Waals surface area (Å²) >= 11 is 0. The van der Waals surface area contributed by atoms with Crippen LogP contribution in [0.1, 0.15) is 30.4 Å². The maximum Gasteiger partial charge on any atom is 0.417 e. The molecule has 1 aliphatic rings. The van der Waals surface area contributed by atoms with E-state index in [1.807, 2.05) is 7.05 Å². The third-order valence-corrected chi connectivity index (χ3v) is 6.33. The van der Waals surface area contributed by atoms with Crippen LogP contribution in [0.15, 0.2) is 23.1 Å². The van der Waals surface area contributed by atoms with Crippen molar-refractivity contribution in [2.24, 2.45) is 5.92 Å². The molecule has 1 saturated heterocycles. The number of nitrogens with zero attached hydrogens (tertiary/aromatic N) is 2. The van der Waals surface area contributed by atoms with Crippen LogP contribution in [0.25, 0.3) is 0 Å². The zero-order chi connectivity index (χ0) is 18.7. The Morgan fingerprint density at radius 2 is 1.92 bits per heavy atom. The number of rotatable bonds is 5. The number of halogens is 4. The summed E-state index contributed by atoms with van der Waals surface area (Å²) in [5.74, 6) is 0.432. The zero-order valence-corrected chi connectivity index (χ0v) is 15.8. The van der Waals surface area contributed by atoms with E-state index in [0.717, 1.165) is 25.1 Å². The van der Waals surface area contributed by atoms with Crippen LogP contribution in [-0.2, 0) is 16.2 Å². The smallest absolute Gasteiger partial charge is 0.320 e. The molecule has 1 N–H and O–H groups in total. The van der Waals surface area contributed by atoms with Gasteiger partial charge in [-0.05, 0) is 57.0 Å². The van der Waals surface area contributed by atoms with Crippen LogP contribution in [0.5, 0.6) is 0 Å². The summed E-state index contributed by atoms with van der Waals surface area (Å²) in [5.41, 5.74) is -1.81. The molecule has 0 atom stereocenters. The predicted molar refractivity (Wildman–Crippen MR) is 93.4 cm³/mol. The van der Waals surface area contributed by atoms with Crippen LogP contribution in [0.3, 0.4) is 0 Å². The van der Waals surface area contributed by atoms with Crippen molar-refractivity contribution in [3.63, 3.8) is 0 Å². The van der Waals surface area contributed by atoms with Crippen molar-refractivity contribution in [2.45, 2.75) is 30.3 Å². The van der Waals surface area contributed by atoms with Crippen LogP contribution in [-0.4, -0.2) is 39.4 Å². The number of hydrogen-bond acceptors (Lipinski definition) is 4. The maximum absolute atomic E-state index is 12.8. The maximum atomic E-state index is 12.8. The fourth-order valence-electron chi connectivity index (χ4n) is 2.96. The molecular weight excluding hydrogens is 391 g/mol. The van der Waals surface area contributed by atoms with Crippen molar-refractivity contribution in [3.05, 3.63) is 29.3 Å². The number of sulfonamides is 1. The molecule has 1 aromatic carbocycles. The second-order valence-electron chi connectivity index (χ2n) is 6.06. The van der Waals surface area contributed by atoms with Crippen LogP contribution >= 0.6 is 12.4 Å². The van der Waals surface area contributed by atoms with Gasteiger partial charge in [0.2, 0.25) is 10.0 Å². The van der Waals surface area contributed by atoms with E-state index in [2.05, 4.69) is 5.32 Å². The molecule has 0 spiro atoms. The Balaban J connectivity index is 0.00000338. The van der Waals surface area contributed by atoms with Crippen LogP contribution in [0, 0.1) is 17.2 Å². The first-order valence-electron chi connectivity index (χ1n) is 7.96. The van der Waals surface area contributed by atoms with Gasteiger partial charge in [-0.1, -0.05) is 0 Å². The molecule has 1 fully saturated rings. The zero-order valence-electron chi connectivity index (χ0n) is 14.2. The molecule has 0 saturated carbocycles. The van der Waals surface area contributed by atoms with Crippen molar-refractivity contribution in [1.82, 2.24) is 9.62 Å². The van der Waals surface area contributed by atoms with E-state index in [4.69, 9.17) is 5.26 Å². The molecule has 2 rings (SSSR count). The summed E-state index contributed by atoms with van der Waals surface area (Å²) in [5, 5.41) is 12.0. The van der Waals surface area contributed by atoms with E-state index in [-0.39, 0.29) is 17.3 Å². The molecule has 10 heteroatoms. The van der Waals surface area contributed by atoms with Gasteiger partial charge in [-0.2, -0.15) is 22.7 Å². The molecule has 1 heterocycles. The molecular formula is C16H21ClF3N3O2S. The quantitative estimate of drug-likeness (QED) is 0.808. The number of benzene rings is 1. The van der Waals surface area contributed by atoms with Crippen LogP contribution in [0.2, 0.25) is 0 Å². The second-order valence-corrected chi connectivity index (χ2v) is 7.99. The highest BCUT2D eigenvalue weighted by Crippen LogP contribution is 2.34.